The van der Waals surface area contributed by atoms with Crippen molar-refractivity contribution < 1.29 is 4.39 Å². The van der Waals surface area contributed by atoms with E-state index in [4.69, 9.17) is 17.3 Å². The van der Waals surface area contributed by atoms with E-state index in [0.29, 0.717) is 23.5 Å². The van der Waals surface area contributed by atoms with Crippen molar-refractivity contribution in [2.24, 2.45) is 0 Å². The van der Waals surface area contributed by atoms with Crippen LogP contribution < -0.4 is 5.73 Å². The Morgan fingerprint density at radius 2 is 2.10 bits per heavy atom. The van der Waals surface area contributed by atoms with Gasteiger partial charge in [0.25, 0.3) is 0 Å². The molecular formula is C14H13ClFN3S. The van der Waals surface area contributed by atoms with Gasteiger partial charge in [0.15, 0.2) is 0 Å². The smallest absolute Gasteiger partial charge is 0.201 e. The van der Waals surface area contributed by atoms with Crippen molar-refractivity contribution in [2.45, 2.75) is 19.9 Å². The van der Waals surface area contributed by atoms with E-state index in [0.717, 1.165) is 6.42 Å². The van der Waals surface area contributed by atoms with E-state index in [9.17, 15) is 4.39 Å². The highest BCUT2D eigenvalue weighted by Crippen LogP contribution is 2.27. The topological polar surface area (TPSA) is 43.8 Å². The van der Waals surface area contributed by atoms with Gasteiger partial charge < -0.3 is 10.3 Å². The van der Waals surface area contributed by atoms with Gasteiger partial charge in [0.05, 0.1) is 22.6 Å². The van der Waals surface area contributed by atoms with Crippen LogP contribution in [0, 0.1) is 5.82 Å². The molecule has 0 unspecified atom stereocenters. The summed E-state index contributed by atoms with van der Waals surface area (Å²) < 4.78 is 15.4. The number of hydrogen-bond donors (Lipinski definition) is 1. The van der Waals surface area contributed by atoms with Crippen LogP contribution in [0.4, 0.5) is 10.3 Å². The average molecular weight is 310 g/mol. The normalized spacial score (nSPS) is 11.3. The number of nitrogen functional groups attached to an aromatic ring is 1. The molecule has 3 rings (SSSR count). The Labute approximate surface area is 124 Å². The van der Waals surface area contributed by atoms with Crippen LogP contribution in [0.3, 0.4) is 0 Å². The van der Waals surface area contributed by atoms with Crippen molar-refractivity contribution in [1.29, 1.82) is 0 Å². The molecule has 20 heavy (non-hydrogen) atoms. The molecule has 104 valence electrons. The van der Waals surface area contributed by atoms with Crippen LogP contribution in [0.1, 0.15) is 16.7 Å². The molecule has 0 bridgehead atoms. The molecule has 2 heterocycles. The van der Waals surface area contributed by atoms with E-state index in [1.54, 1.807) is 15.9 Å². The maximum Gasteiger partial charge on any atom is 0.201 e. The third-order valence-corrected chi connectivity index (χ3v) is 4.70. The van der Waals surface area contributed by atoms with E-state index >= 15 is 0 Å². The van der Waals surface area contributed by atoms with Gasteiger partial charge in [-0.25, -0.2) is 9.37 Å². The fraction of sp³-hybridized carbons (Fsp3) is 0.214. The maximum absolute atomic E-state index is 13.6. The maximum atomic E-state index is 13.6. The van der Waals surface area contributed by atoms with Crippen LogP contribution in [-0.4, -0.2) is 9.55 Å². The minimum atomic E-state index is -0.458. The Bertz CT molecular complexity index is 778. The number of rotatable bonds is 3. The van der Waals surface area contributed by atoms with E-state index in [-0.39, 0.29) is 5.02 Å². The molecule has 0 atom stereocenters. The van der Waals surface area contributed by atoms with Gasteiger partial charge in [0.2, 0.25) is 5.95 Å². The Hall–Kier alpha value is -1.59. The van der Waals surface area contributed by atoms with Crippen LogP contribution in [0.2, 0.25) is 5.02 Å². The number of aromatic nitrogens is 2. The fourth-order valence-electron chi connectivity index (χ4n) is 2.16. The number of nitrogens with two attached hydrogens (primary N) is 1. The van der Waals surface area contributed by atoms with Crippen LogP contribution >= 0.6 is 22.9 Å². The predicted octanol–water partition coefficient (Wildman–Crippen LogP) is 4.08. The van der Waals surface area contributed by atoms with Gasteiger partial charge in [-0.15, -0.1) is 11.3 Å². The van der Waals surface area contributed by atoms with E-state index < -0.39 is 5.82 Å². The molecule has 0 aliphatic carbocycles. The van der Waals surface area contributed by atoms with Gasteiger partial charge in [-0.2, -0.15) is 0 Å². The van der Waals surface area contributed by atoms with Crippen molar-refractivity contribution in [3.63, 3.8) is 0 Å². The number of imidazole rings is 1. The summed E-state index contributed by atoms with van der Waals surface area (Å²) in [5.41, 5.74) is 7.21. The van der Waals surface area contributed by atoms with Gasteiger partial charge in [0.1, 0.15) is 5.82 Å². The molecule has 0 saturated heterocycles. The fourth-order valence-corrected chi connectivity index (χ4v) is 3.26. The third kappa shape index (κ3) is 2.27. The third-order valence-electron chi connectivity index (χ3n) is 3.20. The molecule has 0 aliphatic rings. The summed E-state index contributed by atoms with van der Waals surface area (Å²) in [4.78, 5) is 6.72. The SMILES string of the molecule is CCc1ccc(Cn2c(N)nc3cc(Cl)c(F)cc32)s1. The number of halogens is 2. The first-order valence-electron chi connectivity index (χ1n) is 6.27. The largest absolute Gasteiger partial charge is 0.369 e. The Morgan fingerprint density at radius 3 is 2.80 bits per heavy atom. The highest BCUT2D eigenvalue weighted by atomic mass is 35.5. The summed E-state index contributed by atoms with van der Waals surface area (Å²) in [6.45, 7) is 2.71. The number of fused-ring (bicyclic) bond motifs is 1. The lowest BCUT2D eigenvalue weighted by Crippen LogP contribution is -2.03. The van der Waals surface area contributed by atoms with Crippen molar-refractivity contribution in [3.05, 3.63) is 44.9 Å². The summed E-state index contributed by atoms with van der Waals surface area (Å²) in [6.07, 6.45) is 1.01. The van der Waals surface area contributed by atoms with E-state index in [1.165, 1.54) is 21.9 Å². The summed E-state index contributed by atoms with van der Waals surface area (Å²) in [5, 5.41) is 0.0616. The van der Waals surface area contributed by atoms with Crippen LogP contribution in [0.25, 0.3) is 11.0 Å². The Morgan fingerprint density at radius 1 is 1.35 bits per heavy atom. The van der Waals surface area contributed by atoms with E-state index in [1.807, 2.05) is 0 Å². The molecule has 6 heteroatoms. The number of thiophene rings is 1. The molecular weight excluding hydrogens is 297 g/mol. The molecule has 0 aliphatic heterocycles. The highest BCUT2D eigenvalue weighted by molar-refractivity contribution is 7.11. The van der Waals surface area contributed by atoms with Gasteiger partial charge >= 0.3 is 0 Å². The van der Waals surface area contributed by atoms with Crippen LogP contribution in [-0.2, 0) is 13.0 Å². The number of anilines is 1. The highest BCUT2D eigenvalue weighted by Gasteiger charge is 2.12. The number of aryl methyl sites for hydroxylation is 1. The summed E-state index contributed by atoms with van der Waals surface area (Å²) in [6, 6.07) is 7.06. The first-order valence-corrected chi connectivity index (χ1v) is 7.46. The predicted molar refractivity (Wildman–Crippen MR) is 81.9 cm³/mol. The number of nitrogens with zero attached hydrogens (tertiary/aromatic N) is 2. The lowest BCUT2D eigenvalue weighted by molar-refractivity contribution is 0.629. The monoisotopic (exact) mass is 309 g/mol. The molecule has 0 spiro atoms. The number of benzene rings is 1. The van der Waals surface area contributed by atoms with Crippen molar-refractivity contribution in [1.82, 2.24) is 9.55 Å². The van der Waals surface area contributed by atoms with Gasteiger partial charge in [-0.3, -0.25) is 0 Å². The van der Waals surface area contributed by atoms with E-state index in [2.05, 4.69) is 24.0 Å². The minimum absolute atomic E-state index is 0.0616. The Balaban J connectivity index is 2.06. The van der Waals surface area contributed by atoms with Gasteiger partial charge in [0, 0.05) is 15.8 Å². The van der Waals surface area contributed by atoms with Gasteiger partial charge in [-0.1, -0.05) is 18.5 Å². The molecule has 3 nitrogen and oxygen atoms in total. The zero-order chi connectivity index (χ0) is 14.3. The molecule has 2 aromatic heterocycles. The van der Waals surface area contributed by atoms with Crippen LogP contribution in [0.5, 0.6) is 0 Å². The first kappa shape index (κ1) is 13.4. The zero-order valence-corrected chi connectivity index (χ0v) is 12.4. The zero-order valence-electron chi connectivity index (χ0n) is 10.9. The molecule has 0 radical (unpaired) electrons. The molecule has 3 aromatic rings. The minimum Gasteiger partial charge on any atom is -0.369 e. The molecule has 2 N–H and O–H groups in total. The summed E-state index contributed by atoms with van der Waals surface area (Å²) in [7, 11) is 0. The second kappa shape index (κ2) is 5.07. The second-order valence-corrected chi connectivity index (χ2v) is 6.19. The second-order valence-electron chi connectivity index (χ2n) is 4.53. The summed E-state index contributed by atoms with van der Waals surface area (Å²) in [5.74, 6) is -0.0890. The molecule has 0 fully saturated rings. The quantitative estimate of drug-likeness (QED) is 0.792. The van der Waals surface area contributed by atoms with Crippen LogP contribution in [0.15, 0.2) is 24.3 Å². The number of hydrogen-bond acceptors (Lipinski definition) is 3. The standard InChI is InChI=1S/C14H13ClFN3S/c1-2-8-3-4-9(20-8)7-19-13-6-11(16)10(15)5-12(13)18-14(19)17/h3-6H,2,7H2,1H3,(H2,17,18). The first-order chi connectivity index (χ1) is 9.58. The Kier molecular flexibility index (Phi) is 3.40. The lowest BCUT2D eigenvalue weighted by atomic mass is 10.3. The van der Waals surface area contributed by atoms with Crippen molar-refractivity contribution in [2.75, 3.05) is 5.73 Å². The lowest BCUT2D eigenvalue weighted by Gasteiger charge is -2.04. The summed E-state index contributed by atoms with van der Waals surface area (Å²) >= 11 is 7.50. The molecule has 0 saturated carbocycles. The van der Waals surface area contributed by atoms with Gasteiger partial charge in [-0.05, 0) is 24.6 Å². The molecule has 1 aromatic carbocycles. The molecule has 0 amide bonds. The average Bonchev–Trinajstić information content (AvgIpc) is 2.98. The van der Waals surface area contributed by atoms with Crippen molar-refractivity contribution >= 4 is 39.9 Å². The van der Waals surface area contributed by atoms with Crippen molar-refractivity contribution in [3.8, 4) is 0 Å².